The third kappa shape index (κ3) is 2.06. The highest BCUT2D eigenvalue weighted by molar-refractivity contribution is 5.89. The number of hydrogen-bond donors (Lipinski definition) is 5. The summed E-state index contributed by atoms with van der Waals surface area (Å²) in [5, 5.41) is 48.4. The predicted octanol–water partition coefficient (Wildman–Crippen LogP) is 1.33. The van der Waals surface area contributed by atoms with E-state index in [1.54, 1.807) is 0 Å². The molecule has 1 fully saturated rings. The Balaban J connectivity index is 2.02. The Bertz CT molecular complexity index is 704. The average Bonchev–Trinajstić information content (AvgIpc) is 2.49. The first-order valence-corrected chi connectivity index (χ1v) is 6.63. The van der Waals surface area contributed by atoms with Gasteiger partial charge in [-0.2, -0.15) is 0 Å². The standard InChI is InChI=1S/C15H14O7/c16-8-3-1-6(5-10(8)18)14-13(21)11(19)7-2-4-9(17)12(20)15(7)22-14/h1,3-5,7,13-14,16-18,20-21H,2H2. The number of phenolic OH excluding ortho intramolecular Hbond substituents is 2. The van der Waals surface area contributed by atoms with E-state index in [0.717, 1.165) is 6.07 Å². The molecule has 0 amide bonds. The summed E-state index contributed by atoms with van der Waals surface area (Å²) in [6.45, 7) is 0. The number of fused-ring (bicyclic) bond motifs is 1. The maximum absolute atomic E-state index is 12.2. The number of benzene rings is 1. The Morgan fingerprint density at radius 3 is 2.50 bits per heavy atom. The van der Waals surface area contributed by atoms with Crippen molar-refractivity contribution in [1.82, 2.24) is 0 Å². The Labute approximate surface area is 125 Å². The molecule has 3 unspecified atom stereocenters. The van der Waals surface area contributed by atoms with Gasteiger partial charge in [0.1, 0.15) is 0 Å². The summed E-state index contributed by atoms with van der Waals surface area (Å²) in [4.78, 5) is 12.2. The van der Waals surface area contributed by atoms with Crippen LogP contribution in [0.5, 0.6) is 11.5 Å². The van der Waals surface area contributed by atoms with E-state index in [1.807, 2.05) is 0 Å². The molecule has 0 radical (unpaired) electrons. The molecule has 3 rings (SSSR count). The lowest BCUT2D eigenvalue weighted by Crippen LogP contribution is -2.42. The molecule has 0 saturated carbocycles. The zero-order chi connectivity index (χ0) is 16.0. The monoisotopic (exact) mass is 306 g/mol. The molecule has 2 aliphatic rings. The second kappa shape index (κ2) is 4.96. The molecule has 0 spiro atoms. The summed E-state index contributed by atoms with van der Waals surface area (Å²) >= 11 is 0. The van der Waals surface area contributed by atoms with Gasteiger partial charge >= 0.3 is 0 Å². The number of ketones is 1. The second-order valence-corrected chi connectivity index (χ2v) is 5.22. The quantitative estimate of drug-likeness (QED) is 0.495. The first-order chi connectivity index (χ1) is 10.4. The van der Waals surface area contributed by atoms with Gasteiger partial charge in [0.2, 0.25) is 0 Å². The van der Waals surface area contributed by atoms with Crippen molar-refractivity contribution in [3.63, 3.8) is 0 Å². The van der Waals surface area contributed by atoms with Gasteiger partial charge in [-0.15, -0.1) is 0 Å². The minimum atomic E-state index is -1.49. The van der Waals surface area contributed by atoms with Gasteiger partial charge in [-0.25, -0.2) is 0 Å². The molecule has 22 heavy (non-hydrogen) atoms. The number of aliphatic hydroxyl groups excluding tert-OH is 3. The van der Waals surface area contributed by atoms with Crippen molar-refractivity contribution in [2.45, 2.75) is 18.6 Å². The number of phenols is 2. The zero-order valence-electron chi connectivity index (χ0n) is 11.3. The lowest BCUT2D eigenvalue weighted by molar-refractivity contribution is -0.148. The molecule has 0 aromatic heterocycles. The largest absolute Gasteiger partial charge is 0.504 e. The zero-order valence-corrected chi connectivity index (χ0v) is 11.3. The first-order valence-electron chi connectivity index (χ1n) is 6.63. The van der Waals surface area contributed by atoms with Crippen molar-refractivity contribution < 1.29 is 35.1 Å². The van der Waals surface area contributed by atoms with Gasteiger partial charge in [-0.1, -0.05) is 6.07 Å². The fourth-order valence-corrected chi connectivity index (χ4v) is 2.63. The third-order valence-electron chi connectivity index (χ3n) is 3.84. The van der Waals surface area contributed by atoms with Gasteiger partial charge in [0.05, 0.1) is 5.92 Å². The van der Waals surface area contributed by atoms with Crippen molar-refractivity contribution in [1.29, 1.82) is 0 Å². The molecule has 3 atom stereocenters. The molecule has 1 aromatic rings. The normalized spacial score (nSPS) is 28.0. The number of aliphatic hydroxyl groups is 3. The van der Waals surface area contributed by atoms with Crippen molar-refractivity contribution in [2.75, 3.05) is 0 Å². The molecule has 1 aromatic carbocycles. The lowest BCUT2D eigenvalue weighted by atomic mass is 9.84. The molecule has 116 valence electrons. The van der Waals surface area contributed by atoms with E-state index in [2.05, 4.69) is 0 Å². The number of carbonyl (C=O) groups excluding carboxylic acids is 1. The van der Waals surface area contributed by atoms with E-state index >= 15 is 0 Å². The topological polar surface area (TPSA) is 127 Å². The molecular weight excluding hydrogens is 292 g/mol. The van der Waals surface area contributed by atoms with Crippen LogP contribution >= 0.6 is 0 Å². The third-order valence-corrected chi connectivity index (χ3v) is 3.84. The van der Waals surface area contributed by atoms with Gasteiger partial charge in [0.15, 0.2) is 46.8 Å². The van der Waals surface area contributed by atoms with Crippen LogP contribution < -0.4 is 0 Å². The summed E-state index contributed by atoms with van der Waals surface area (Å²) in [6, 6.07) is 3.74. The highest BCUT2D eigenvalue weighted by atomic mass is 16.5. The molecule has 1 aliphatic heterocycles. The van der Waals surface area contributed by atoms with Gasteiger partial charge in [0.25, 0.3) is 0 Å². The van der Waals surface area contributed by atoms with Gasteiger partial charge < -0.3 is 30.3 Å². The van der Waals surface area contributed by atoms with Crippen LogP contribution in [0.3, 0.4) is 0 Å². The number of hydrogen-bond acceptors (Lipinski definition) is 7. The summed E-state index contributed by atoms with van der Waals surface area (Å²) in [5.41, 5.74) is 0.254. The highest BCUT2D eigenvalue weighted by Crippen LogP contribution is 2.42. The molecule has 1 aliphatic carbocycles. The molecule has 0 bridgehead atoms. The summed E-state index contributed by atoms with van der Waals surface area (Å²) in [7, 11) is 0. The van der Waals surface area contributed by atoms with Crippen molar-refractivity contribution >= 4 is 5.78 Å². The first kappa shape index (κ1) is 14.3. The molecule has 5 N–H and O–H groups in total. The number of aromatic hydroxyl groups is 2. The van der Waals surface area contributed by atoms with Crippen LogP contribution in [0.1, 0.15) is 18.1 Å². The molecule has 7 heteroatoms. The van der Waals surface area contributed by atoms with E-state index in [1.165, 1.54) is 18.2 Å². The van der Waals surface area contributed by atoms with Crippen molar-refractivity contribution in [3.05, 3.63) is 47.1 Å². The van der Waals surface area contributed by atoms with Crippen molar-refractivity contribution in [2.24, 2.45) is 5.92 Å². The lowest BCUT2D eigenvalue weighted by Gasteiger charge is -2.36. The van der Waals surface area contributed by atoms with E-state index in [0.29, 0.717) is 0 Å². The van der Waals surface area contributed by atoms with Crippen LogP contribution in [0, 0.1) is 5.92 Å². The van der Waals surface area contributed by atoms with Crippen molar-refractivity contribution in [3.8, 4) is 11.5 Å². The summed E-state index contributed by atoms with van der Waals surface area (Å²) in [5.74, 6) is -3.20. The van der Waals surface area contributed by atoms with Crippen LogP contribution in [0.15, 0.2) is 41.6 Å². The maximum atomic E-state index is 12.2. The minimum Gasteiger partial charge on any atom is -0.504 e. The fourth-order valence-electron chi connectivity index (χ4n) is 2.63. The van der Waals surface area contributed by atoms with E-state index in [9.17, 15) is 30.3 Å². The number of Topliss-reactive ketones (excluding diaryl/α,β-unsaturated/α-hetero) is 1. The van der Waals surface area contributed by atoms with Gasteiger partial charge in [0, 0.05) is 0 Å². The highest BCUT2D eigenvalue weighted by Gasteiger charge is 2.45. The van der Waals surface area contributed by atoms with E-state index < -0.39 is 35.4 Å². The number of rotatable bonds is 1. The molecule has 1 heterocycles. The van der Waals surface area contributed by atoms with Crippen LogP contribution in [-0.4, -0.2) is 37.4 Å². The smallest absolute Gasteiger partial charge is 0.196 e. The summed E-state index contributed by atoms with van der Waals surface area (Å²) < 4.78 is 5.50. The SMILES string of the molecule is O=C1C2CC=C(O)C(O)=C2OC(c2ccc(O)c(O)c2)C1O. The van der Waals surface area contributed by atoms with Crippen LogP contribution in [-0.2, 0) is 9.53 Å². The van der Waals surface area contributed by atoms with Crippen LogP contribution in [0.25, 0.3) is 0 Å². The number of ether oxygens (including phenoxy) is 1. The average molecular weight is 306 g/mol. The molecule has 7 nitrogen and oxygen atoms in total. The van der Waals surface area contributed by atoms with Crippen LogP contribution in [0.2, 0.25) is 0 Å². The van der Waals surface area contributed by atoms with Crippen LogP contribution in [0.4, 0.5) is 0 Å². The summed E-state index contributed by atoms with van der Waals surface area (Å²) in [6.07, 6.45) is -1.24. The maximum Gasteiger partial charge on any atom is 0.196 e. The number of allylic oxidation sites excluding steroid dienone is 2. The minimum absolute atomic E-state index is 0.104. The molecule has 1 saturated heterocycles. The Hall–Kier alpha value is -2.67. The Morgan fingerprint density at radius 2 is 1.82 bits per heavy atom. The second-order valence-electron chi connectivity index (χ2n) is 5.22. The Morgan fingerprint density at radius 1 is 1.09 bits per heavy atom. The molecular formula is C15H14O7. The Kier molecular flexibility index (Phi) is 3.22. The van der Waals surface area contributed by atoms with E-state index in [-0.39, 0.29) is 29.3 Å². The van der Waals surface area contributed by atoms with E-state index in [4.69, 9.17) is 4.74 Å². The van der Waals surface area contributed by atoms with Gasteiger partial charge in [-0.05, 0) is 30.2 Å². The fraction of sp³-hybridized carbons (Fsp3) is 0.267. The van der Waals surface area contributed by atoms with Gasteiger partial charge in [-0.3, -0.25) is 4.79 Å². The number of carbonyl (C=O) groups is 1. The predicted molar refractivity (Wildman–Crippen MR) is 73.1 cm³/mol.